The summed E-state index contributed by atoms with van der Waals surface area (Å²) in [6, 6.07) is 0. The number of rotatable bonds is 2. The molecule has 106 valence electrons. The largest absolute Gasteiger partial charge is 0.390 e. The lowest BCUT2D eigenvalue weighted by atomic mass is 9.51. The van der Waals surface area contributed by atoms with Gasteiger partial charge in [0.25, 0.3) is 0 Å². The monoisotopic (exact) mass is 256 g/mol. The van der Waals surface area contributed by atoms with Gasteiger partial charge in [0.1, 0.15) is 0 Å². The fourth-order valence-corrected chi connectivity index (χ4v) is 4.44. The average molecular weight is 256 g/mol. The molecule has 0 aliphatic carbocycles. The summed E-state index contributed by atoms with van der Waals surface area (Å²) in [5.41, 5.74) is -2.13. The highest BCUT2D eigenvalue weighted by Crippen LogP contribution is 2.63. The molecule has 0 radical (unpaired) electrons. The molecule has 0 amide bonds. The van der Waals surface area contributed by atoms with E-state index >= 15 is 0 Å². The maximum atomic E-state index is 10.6. The first-order valence-electron chi connectivity index (χ1n) is 7.02. The van der Waals surface area contributed by atoms with Gasteiger partial charge >= 0.3 is 0 Å². The van der Waals surface area contributed by atoms with E-state index < -0.39 is 16.6 Å². The van der Waals surface area contributed by atoms with E-state index in [1.165, 1.54) is 0 Å². The Hall–Kier alpha value is -0.120. The summed E-state index contributed by atoms with van der Waals surface area (Å²) in [5, 5.41) is 21.2. The molecular weight excluding hydrogens is 228 g/mol. The second-order valence-corrected chi connectivity index (χ2v) is 7.71. The zero-order valence-corrected chi connectivity index (χ0v) is 12.7. The molecule has 2 aliphatic rings. The van der Waals surface area contributed by atoms with Crippen LogP contribution < -0.4 is 0 Å². The van der Waals surface area contributed by atoms with Crippen molar-refractivity contribution in [3.63, 3.8) is 0 Å². The van der Waals surface area contributed by atoms with Crippen molar-refractivity contribution in [2.24, 2.45) is 23.2 Å². The van der Waals surface area contributed by atoms with E-state index in [1.54, 1.807) is 0 Å². The highest BCUT2D eigenvalue weighted by Gasteiger charge is 2.70. The second-order valence-electron chi connectivity index (χ2n) is 7.71. The van der Waals surface area contributed by atoms with Crippen LogP contribution in [0.1, 0.15) is 48.5 Å². The third-order valence-electron chi connectivity index (χ3n) is 5.77. The van der Waals surface area contributed by atoms with Gasteiger partial charge in [0.2, 0.25) is 0 Å². The topological polar surface area (TPSA) is 49.7 Å². The quantitative estimate of drug-likeness (QED) is 0.796. The van der Waals surface area contributed by atoms with Crippen molar-refractivity contribution >= 4 is 0 Å². The summed E-state index contributed by atoms with van der Waals surface area (Å²) in [4.78, 5) is 0. The Morgan fingerprint density at radius 3 is 1.89 bits per heavy atom. The number of ether oxygens (including phenoxy) is 1. The standard InChI is InChI=1S/C15H28O3/c1-8-9(2)12-15(7,14(5,6)17)11(10(8)18-12)13(3,4)16/h8-12,16-17H,1-7H3. The van der Waals surface area contributed by atoms with Crippen molar-refractivity contribution in [1.29, 1.82) is 0 Å². The van der Waals surface area contributed by atoms with Crippen LogP contribution in [0, 0.1) is 23.2 Å². The molecule has 2 heterocycles. The smallest absolute Gasteiger partial charge is 0.0693 e. The van der Waals surface area contributed by atoms with Gasteiger partial charge in [0, 0.05) is 11.3 Å². The van der Waals surface area contributed by atoms with Crippen molar-refractivity contribution in [2.45, 2.75) is 71.9 Å². The summed E-state index contributed by atoms with van der Waals surface area (Å²) in [7, 11) is 0. The zero-order valence-electron chi connectivity index (χ0n) is 12.7. The molecular formula is C15H28O3. The molecule has 6 atom stereocenters. The van der Waals surface area contributed by atoms with Crippen molar-refractivity contribution in [2.75, 3.05) is 0 Å². The number of fused-ring (bicyclic) bond motifs is 2. The Labute approximate surface area is 111 Å². The molecule has 0 saturated carbocycles. The first-order chi connectivity index (χ1) is 7.92. The Balaban J connectivity index is 2.51. The lowest BCUT2D eigenvalue weighted by Gasteiger charge is -2.53. The van der Waals surface area contributed by atoms with Crippen LogP contribution in [-0.2, 0) is 4.74 Å². The van der Waals surface area contributed by atoms with Crippen LogP contribution in [0.2, 0.25) is 0 Å². The molecule has 3 heteroatoms. The van der Waals surface area contributed by atoms with Gasteiger partial charge in [0.15, 0.2) is 0 Å². The summed E-state index contributed by atoms with van der Waals surface area (Å²) in [6.07, 6.45) is 0.0651. The third-order valence-corrected chi connectivity index (χ3v) is 5.77. The Bertz CT molecular complexity index is 339. The van der Waals surface area contributed by atoms with Crippen LogP contribution in [-0.4, -0.2) is 33.6 Å². The minimum absolute atomic E-state index is 0.0222. The van der Waals surface area contributed by atoms with E-state index in [0.717, 1.165) is 0 Å². The van der Waals surface area contributed by atoms with Crippen molar-refractivity contribution < 1.29 is 14.9 Å². The summed E-state index contributed by atoms with van der Waals surface area (Å²) in [5.74, 6) is 0.813. The average Bonchev–Trinajstić information content (AvgIpc) is 2.60. The van der Waals surface area contributed by atoms with Crippen LogP contribution in [0.4, 0.5) is 0 Å². The SMILES string of the molecule is CC1C(C)C2OC1C(C(C)(C)O)C2(C)C(C)(C)O. The second kappa shape index (κ2) is 3.71. The van der Waals surface area contributed by atoms with E-state index in [0.29, 0.717) is 11.8 Å². The van der Waals surface area contributed by atoms with Gasteiger partial charge < -0.3 is 14.9 Å². The first kappa shape index (κ1) is 14.3. The maximum absolute atomic E-state index is 10.6. The number of hydrogen-bond donors (Lipinski definition) is 2. The highest BCUT2D eigenvalue weighted by atomic mass is 16.5. The lowest BCUT2D eigenvalue weighted by Crippen LogP contribution is -2.61. The minimum atomic E-state index is -0.870. The van der Waals surface area contributed by atoms with Crippen molar-refractivity contribution in [3.05, 3.63) is 0 Å². The molecule has 0 aromatic carbocycles. The molecule has 2 N–H and O–H groups in total. The summed E-state index contributed by atoms with van der Waals surface area (Å²) < 4.78 is 6.16. The van der Waals surface area contributed by atoms with Gasteiger partial charge in [-0.25, -0.2) is 0 Å². The van der Waals surface area contributed by atoms with Gasteiger partial charge in [-0.2, -0.15) is 0 Å². The minimum Gasteiger partial charge on any atom is -0.390 e. The maximum Gasteiger partial charge on any atom is 0.0693 e. The van der Waals surface area contributed by atoms with Gasteiger partial charge in [-0.1, -0.05) is 20.8 Å². The molecule has 18 heavy (non-hydrogen) atoms. The van der Waals surface area contributed by atoms with Crippen molar-refractivity contribution in [1.82, 2.24) is 0 Å². The Kier molecular flexibility index (Phi) is 2.94. The molecule has 0 spiro atoms. The van der Waals surface area contributed by atoms with E-state index in [-0.39, 0.29) is 18.1 Å². The fraction of sp³-hybridized carbons (Fsp3) is 1.00. The van der Waals surface area contributed by atoms with Gasteiger partial charge in [-0.3, -0.25) is 0 Å². The van der Waals surface area contributed by atoms with Crippen LogP contribution in [0.25, 0.3) is 0 Å². The lowest BCUT2D eigenvalue weighted by molar-refractivity contribution is -0.156. The number of aliphatic hydroxyl groups is 2. The van der Waals surface area contributed by atoms with Crippen molar-refractivity contribution in [3.8, 4) is 0 Å². The van der Waals surface area contributed by atoms with Crippen LogP contribution in [0.5, 0.6) is 0 Å². The molecule has 2 aliphatic heterocycles. The third kappa shape index (κ3) is 1.60. The summed E-state index contributed by atoms with van der Waals surface area (Å²) >= 11 is 0. The molecule has 3 nitrogen and oxygen atoms in total. The zero-order chi connectivity index (χ0) is 14.1. The molecule has 0 aromatic rings. The molecule has 2 fully saturated rings. The van der Waals surface area contributed by atoms with E-state index in [2.05, 4.69) is 20.8 Å². The Morgan fingerprint density at radius 1 is 1.00 bits per heavy atom. The van der Waals surface area contributed by atoms with Crippen LogP contribution in [0.15, 0.2) is 0 Å². The molecule has 2 saturated heterocycles. The summed E-state index contributed by atoms with van der Waals surface area (Å²) in [6.45, 7) is 13.8. The first-order valence-corrected chi connectivity index (χ1v) is 7.02. The van der Waals surface area contributed by atoms with Crippen LogP contribution >= 0.6 is 0 Å². The van der Waals surface area contributed by atoms with Gasteiger partial charge in [-0.15, -0.1) is 0 Å². The van der Waals surface area contributed by atoms with Gasteiger partial charge in [-0.05, 0) is 39.5 Å². The van der Waals surface area contributed by atoms with E-state index in [1.807, 2.05) is 27.7 Å². The molecule has 0 aromatic heterocycles. The Morgan fingerprint density at radius 2 is 1.50 bits per heavy atom. The predicted molar refractivity (Wildman–Crippen MR) is 71.2 cm³/mol. The predicted octanol–water partition coefficient (Wildman–Crippen LogP) is 2.20. The van der Waals surface area contributed by atoms with Gasteiger partial charge in [0.05, 0.1) is 23.4 Å². The molecule has 6 unspecified atom stereocenters. The molecule has 2 bridgehead atoms. The van der Waals surface area contributed by atoms with Crippen LogP contribution in [0.3, 0.4) is 0 Å². The molecule has 2 rings (SSSR count). The van der Waals surface area contributed by atoms with E-state index in [9.17, 15) is 10.2 Å². The van der Waals surface area contributed by atoms with E-state index in [4.69, 9.17) is 4.74 Å². The normalized spacial score (nSPS) is 48.8. The highest BCUT2D eigenvalue weighted by molar-refractivity contribution is 5.17. The fourth-order valence-electron chi connectivity index (χ4n) is 4.44. The number of hydrogen-bond acceptors (Lipinski definition) is 3.